The normalized spacial score (nSPS) is 10.4. The number of likely N-dealkylation sites (N-methyl/N-ethyl adjacent to an activating group) is 1. The SMILES string of the molecule is COc1ccc(OCCN(C)C)c(N)c1. The van der Waals surface area contributed by atoms with Crippen molar-refractivity contribution in [2.45, 2.75) is 0 Å². The number of methoxy groups -OCH3 is 1. The molecule has 0 amide bonds. The van der Waals surface area contributed by atoms with E-state index in [0.29, 0.717) is 18.0 Å². The third kappa shape index (κ3) is 3.67. The molecule has 0 spiro atoms. The summed E-state index contributed by atoms with van der Waals surface area (Å²) in [6.07, 6.45) is 0. The highest BCUT2D eigenvalue weighted by molar-refractivity contribution is 5.56. The summed E-state index contributed by atoms with van der Waals surface area (Å²) in [6, 6.07) is 5.41. The monoisotopic (exact) mass is 210 g/mol. The zero-order valence-corrected chi connectivity index (χ0v) is 9.49. The van der Waals surface area contributed by atoms with E-state index in [1.807, 2.05) is 26.2 Å². The molecular weight excluding hydrogens is 192 g/mol. The number of ether oxygens (including phenoxy) is 2. The first-order chi connectivity index (χ1) is 7.13. The number of rotatable bonds is 5. The largest absolute Gasteiger partial charge is 0.497 e. The van der Waals surface area contributed by atoms with Gasteiger partial charge in [0.1, 0.15) is 18.1 Å². The first-order valence-electron chi connectivity index (χ1n) is 4.84. The van der Waals surface area contributed by atoms with Gasteiger partial charge in [-0.3, -0.25) is 0 Å². The lowest BCUT2D eigenvalue weighted by atomic mass is 10.3. The highest BCUT2D eigenvalue weighted by atomic mass is 16.5. The van der Waals surface area contributed by atoms with Crippen LogP contribution in [-0.4, -0.2) is 39.3 Å². The number of nitrogens with zero attached hydrogens (tertiary/aromatic N) is 1. The Kier molecular flexibility index (Phi) is 4.24. The molecule has 0 radical (unpaired) electrons. The van der Waals surface area contributed by atoms with Crippen LogP contribution in [-0.2, 0) is 0 Å². The second kappa shape index (κ2) is 5.46. The van der Waals surface area contributed by atoms with Gasteiger partial charge in [-0.05, 0) is 26.2 Å². The molecule has 0 aromatic heterocycles. The Balaban J connectivity index is 2.54. The molecule has 0 saturated carbocycles. The summed E-state index contributed by atoms with van der Waals surface area (Å²) in [6.45, 7) is 1.50. The van der Waals surface area contributed by atoms with E-state index >= 15 is 0 Å². The van der Waals surface area contributed by atoms with Gasteiger partial charge in [0.15, 0.2) is 0 Å². The summed E-state index contributed by atoms with van der Waals surface area (Å²) in [5, 5.41) is 0. The lowest BCUT2D eigenvalue weighted by Gasteiger charge is -2.12. The number of nitrogens with two attached hydrogens (primary N) is 1. The molecule has 0 saturated heterocycles. The Hall–Kier alpha value is -1.42. The number of anilines is 1. The van der Waals surface area contributed by atoms with Gasteiger partial charge < -0.3 is 20.1 Å². The fraction of sp³-hybridized carbons (Fsp3) is 0.455. The molecule has 84 valence electrons. The van der Waals surface area contributed by atoms with Crippen molar-refractivity contribution in [1.29, 1.82) is 0 Å². The highest BCUT2D eigenvalue weighted by Crippen LogP contribution is 2.25. The molecule has 1 aromatic rings. The number of benzene rings is 1. The molecule has 0 bridgehead atoms. The lowest BCUT2D eigenvalue weighted by molar-refractivity contribution is 0.262. The van der Waals surface area contributed by atoms with E-state index in [0.717, 1.165) is 12.3 Å². The van der Waals surface area contributed by atoms with Gasteiger partial charge in [0.25, 0.3) is 0 Å². The zero-order chi connectivity index (χ0) is 11.3. The fourth-order valence-corrected chi connectivity index (χ4v) is 1.12. The van der Waals surface area contributed by atoms with Crippen LogP contribution in [0.25, 0.3) is 0 Å². The molecule has 0 atom stereocenters. The Morgan fingerprint density at radius 1 is 1.33 bits per heavy atom. The molecule has 0 aliphatic heterocycles. The van der Waals surface area contributed by atoms with E-state index in [4.69, 9.17) is 15.2 Å². The third-order valence-corrected chi connectivity index (χ3v) is 2.01. The second-order valence-electron chi connectivity index (χ2n) is 3.56. The first-order valence-corrected chi connectivity index (χ1v) is 4.84. The summed E-state index contributed by atoms with van der Waals surface area (Å²) in [5.74, 6) is 1.45. The molecule has 15 heavy (non-hydrogen) atoms. The van der Waals surface area contributed by atoms with Gasteiger partial charge in [-0.25, -0.2) is 0 Å². The van der Waals surface area contributed by atoms with Crippen LogP contribution in [0.2, 0.25) is 0 Å². The van der Waals surface area contributed by atoms with Crippen LogP contribution in [0.3, 0.4) is 0 Å². The van der Waals surface area contributed by atoms with E-state index < -0.39 is 0 Å². The summed E-state index contributed by atoms with van der Waals surface area (Å²) in [5.41, 5.74) is 6.40. The molecular formula is C11H18N2O2. The maximum Gasteiger partial charge on any atom is 0.142 e. The van der Waals surface area contributed by atoms with Crippen molar-refractivity contribution < 1.29 is 9.47 Å². The van der Waals surface area contributed by atoms with Gasteiger partial charge in [-0.1, -0.05) is 0 Å². The lowest BCUT2D eigenvalue weighted by Crippen LogP contribution is -2.19. The molecule has 1 rings (SSSR count). The highest BCUT2D eigenvalue weighted by Gasteiger charge is 2.02. The van der Waals surface area contributed by atoms with Crippen LogP contribution in [0.4, 0.5) is 5.69 Å². The molecule has 0 aliphatic rings. The van der Waals surface area contributed by atoms with Crippen molar-refractivity contribution in [2.24, 2.45) is 0 Å². The molecule has 0 fully saturated rings. The van der Waals surface area contributed by atoms with Crippen LogP contribution in [0.5, 0.6) is 11.5 Å². The van der Waals surface area contributed by atoms with Crippen molar-refractivity contribution in [3.05, 3.63) is 18.2 Å². The van der Waals surface area contributed by atoms with Crippen LogP contribution < -0.4 is 15.2 Å². The molecule has 0 unspecified atom stereocenters. The average molecular weight is 210 g/mol. The molecule has 0 aliphatic carbocycles. The molecule has 2 N–H and O–H groups in total. The first kappa shape index (κ1) is 11.7. The summed E-state index contributed by atoms with van der Waals surface area (Å²) >= 11 is 0. The third-order valence-electron chi connectivity index (χ3n) is 2.01. The van der Waals surface area contributed by atoms with E-state index in [1.54, 1.807) is 13.2 Å². The van der Waals surface area contributed by atoms with Gasteiger partial charge in [0.2, 0.25) is 0 Å². The Labute approximate surface area is 90.6 Å². The quantitative estimate of drug-likeness (QED) is 0.742. The summed E-state index contributed by atoms with van der Waals surface area (Å²) in [4.78, 5) is 2.06. The van der Waals surface area contributed by atoms with Crippen molar-refractivity contribution in [2.75, 3.05) is 40.1 Å². The minimum absolute atomic E-state index is 0.605. The van der Waals surface area contributed by atoms with Crippen molar-refractivity contribution in [1.82, 2.24) is 4.90 Å². The smallest absolute Gasteiger partial charge is 0.142 e. The van der Waals surface area contributed by atoms with Gasteiger partial charge >= 0.3 is 0 Å². The predicted octanol–water partition coefficient (Wildman–Crippen LogP) is 1.22. The topological polar surface area (TPSA) is 47.7 Å². The van der Waals surface area contributed by atoms with E-state index in [9.17, 15) is 0 Å². The van der Waals surface area contributed by atoms with Gasteiger partial charge in [-0.2, -0.15) is 0 Å². The summed E-state index contributed by atoms with van der Waals surface area (Å²) in [7, 11) is 5.61. The summed E-state index contributed by atoms with van der Waals surface area (Å²) < 4.78 is 10.6. The average Bonchev–Trinajstić information content (AvgIpc) is 2.20. The molecule has 1 aromatic carbocycles. The fourth-order valence-electron chi connectivity index (χ4n) is 1.12. The van der Waals surface area contributed by atoms with Crippen LogP contribution in [0.1, 0.15) is 0 Å². The van der Waals surface area contributed by atoms with Gasteiger partial charge in [0, 0.05) is 12.6 Å². The zero-order valence-electron chi connectivity index (χ0n) is 9.49. The second-order valence-corrected chi connectivity index (χ2v) is 3.56. The van der Waals surface area contributed by atoms with Crippen LogP contribution >= 0.6 is 0 Å². The minimum atomic E-state index is 0.605. The van der Waals surface area contributed by atoms with Gasteiger partial charge in [0.05, 0.1) is 12.8 Å². The van der Waals surface area contributed by atoms with Gasteiger partial charge in [-0.15, -0.1) is 0 Å². The molecule has 4 nitrogen and oxygen atoms in total. The van der Waals surface area contributed by atoms with Crippen molar-refractivity contribution in [3.8, 4) is 11.5 Å². The van der Waals surface area contributed by atoms with E-state index in [-0.39, 0.29) is 0 Å². The van der Waals surface area contributed by atoms with E-state index in [2.05, 4.69) is 4.90 Å². The number of nitrogen functional groups attached to an aromatic ring is 1. The molecule has 0 heterocycles. The minimum Gasteiger partial charge on any atom is -0.497 e. The maximum absolute atomic E-state index is 5.80. The Morgan fingerprint density at radius 2 is 2.07 bits per heavy atom. The Morgan fingerprint density at radius 3 is 2.60 bits per heavy atom. The number of hydrogen-bond donors (Lipinski definition) is 1. The standard InChI is InChI=1S/C11H18N2O2/c1-13(2)6-7-15-11-5-4-9(14-3)8-10(11)12/h4-5,8H,6-7,12H2,1-3H3. The molecule has 4 heteroatoms. The Bertz CT molecular complexity index is 313. The van der Waals surface area contributed by atoms with Crippen LogP contribution in [0.15, 0.2) is 18.2 Å². The van der Waals surface area contributed by atoms with Crippen molar-refractivity contribution in [3.63, 3.8) is 0 Å². The number of hydrogen-bond acceptors (Lipinski definition) is 4. The van der Waals surface area contributed by atoms with Crippen molar-refractivity contribution >= 4 is 5.69 Å². The van der Waals surface area contributed by atoms with Crippen LogP contribution in [0, 0.1) is 0 Å². The maximum atomic E-state index is 5.80. The predicted molar refractivity (Wildman–Crippen MR) is 61.5 cm³/mol. The van der Waals surface area contributed by atoms with E-state index in [1.165, 1.54) is 0 Å².